The van der Waals surface area contributed by atoms with Gasteiger partial charge in [0.15, 0.2) is 5.78 Å². The highest BCUT2D eigenvalue weighted by molar-refractivity contribution is 6.33. The predicted molar refractivity (Wildman–Crippen MR) is 96.3 cm³/mol. The largest absolute Gasteiger partial charge is 0.510 e. The molecule has 0 fully saturated rings. The summed E-state index contributed by atoms with van der Waals surface area (Å²) in [5.74, 6) is -3.00. The summed E-state index contributed by atoms with van der Waals surface area (Å²) in [6.07, 6.45) is 0. The molecule has 1 aliphatic carbocycles. The Bertz CT molecular complexity index is 933. The monoisotopic (exact) mass is 392 g/mol. The Kier molecular flexibility index (Phi) is 5.13. The maximum absolute atomic E-state index is 13.8. The Morgan fingerprint density at radius 3 is 1.54 bits per heavy atom. The first-order chi connectivity index (χ1) is 13.4. The van der Waals surface area contributed by atoms with Gasteiger partial charge in [0, 0.05) is 24.3 Å². The fourth-order valence-corrected chi connectivity index (χ4v) is 3.30. The highest BCUT2D eigenvalue weighted by Crippen LogP contribution is 2.52. The molecule has 1 N–H and O–H groups in total. The van der Waals surface area contributed by atoms with Crippen molar-refractivity contribution in [3.63, 3.8) is 0 Å². The van der Waals surface area contributed by atoms with Crippen LogP contribution in [0.25, 0.3) is 5.57 Å². The van der Waals surface area contributed by atoms with E-state index in [4.69, 9.17) is 18.9 Å². The lowest BCUT2D eigenvalue weighted by molar-refractivity contribution is -0.116. The molecule has 6 nitrogen and oxygen atoms in total. The second-order valence-electron chi connectivity index (χ2n) is 5.97. The number of ketones is 1. The molecule has 3 rings (SSSR count). The van der Waals surface area contributed by atoms with E-state index in [9.17, 15) is 18.7 Å². The van der Waals surface area contributed by atoms with Gasteiger partial charge in [0.1, 0.15) is 46.3 Å². The summed E-state index contributed by atoms with van der Waals surface area (Å²) in [6.45, 7) is 0. The lowest BCUT2D eigenvalue weighted by Crippen LogP contribution is -2.29. The minimum atomic E-state index is -1.13. The third-order valence-corrected chi connectivity index (χ3v) is 4.56. The van der Waals surface area contributed by atoms with Gasteiger partial charge in [0.2, 0.25) is 0 Å². The van der Waals surface area contributed by atoms with E-state index in [2.05, 4.69) is 0 Å². The molecule has 0 spiro atoms. The van der Waals surface area contributed by atoms with E-state index >= 15 is 0 Å². The quantitative estimate of drug-likeness (QED) is 0.809. The minimum absolute atomic E-state index is 0.0308. The number of methoxy groups -OCH3 is 4. The van der Waals surface area contributed by atoms with Crippen LogP contribution in [0.15, 0.2) is 30.0 Å². The average molecular weight is 392 g/mol. The third-order valence-electron chi connectivity index (χ3n) is 4.56. The molecule has 0 amide bonds. The van der Waals surface area contributed by atoms with Crippen LogP contribution in [0.4, 0.5) is 8.78 Å². The first-order valence-electron chi connectivity index (χ1n) is 8.18. The molecular formula is C20H18F2O6. The summed E-state index contributed by atoms with van der Waals surface area (Å²) in [6, 6.07) is 4.35. The topological polar surface area (TPSA) is 74.2 Å². The van der Waals surface area contributed by atoms with E-state index in [1.807, 2.05) is 0 Å². The highest BCUT2D eigenvalue weighted by atomic mass is 19.1. The standard InChI is InChI=1S/C20H18F2O6/c1-25-11-5-9(21)6-12(26-2)15(11)17-19(23)18(20(17)24)16-13(27-3)7-10(22)8-14(16)28-4/h5-8,17,23H,1-4H3. The van der Waals surface area contributed by atoms with E-state index < -0.39 is 23.3 Å². The summed E-state index contributed by atoms with van der Waals surface area (Å²) in [5.41, 5.74) is 0.245. The van der Waals surface area contributed by atoms with Crippen LogP contribution in [0, 0.1) is 11.6 Å². The fraction of sp³-hybridized carbons (Fsp3) is 0.250. The zero-order valence-electron chi connectivity index (χ0n) is 15.6. The number of carbonyl (C=O) groups excluding carboxylic acids is 1. The number of ether oxygens (including phenoxy) is 4. The average Bonchev–Trinajstić information content (AvgIpc) is 2.69. The Balaban J connectivity index is 2.20. The van der Waals surface area contributed by atoms with Crippen molar-refractivity contribution in [2.75, 3.05) is 28.4 Å². The maximum Gasteiger partial charge on any atom is 0.182 e. The minimum Gasteiger partial charge on any atom is -0.510 e. The number of aliphatic hydroxyl groups is 1. The molecule has 0 bridgehead atoms. The lowest BCUT2D eigenvalue weighted by atomic mass is 9.74. The van der Waals surface area contributed by atoms with Gasteiger partial charge in [-0.1, -0.05) is 0 Å². The van der Waals surface area contributed by atoms with E-state index in [-0.39, 0.29) is 45.5 Å². The van der Waals surface area contributed by atoms with E-state index in [1.54, 1.807) is 0 Å². The Hall–Kier alpha value is -3.29. The van der Waals surface area contributed by atoms with Gasteiger partial charge in [0.25, 0.3) is 0 Å². The van der Waals surface area contributed by atoms with Crippen molar-refractivity contribution in [2.24, 2.45) is 0 Å². The summed E-state index contributed by atoms with van der Waals surface area (Å²) in [4.78, 5) is 13.0. The Morgan fingerprint density at radius 1 is 0.786 bits per heavy atom. The van der Waals surface area contributed by atoms with Gasteiger partial charge in [-0.3, -0.25) is 4.79 Å². The van der Waals surface area contributed by atoms with Crippen molar-refractivity contribution in [3.05, 3.63) is 52.8 Å². The van der Waals surface area contributed by atoms with Crippen molar-refractivity contribution in [1.82, 2.24) is 0 Å². The molecule has 0 saturated carbocycles. The first-order valence-corrected chi connectivity index (χ1v) is 8.18. The number of carbonyl (C=O) groups is 1. The summed E-state index contributed by atoms with van der Waals surface area (Å²) in [7, 11) is 5.24. The number of halogens is 2. The number of aliphatic hydroxyl groups excluding tert-OH is 1. The van der Waals surface area contributed by atoms with E-state index in [1.165, 1.54) is 28.4 Å². The molecule has 2 aromatic rings. The molecular weight excluding hydrogens is 374 g/mol. The molecule has 0 aromatic heterocycles. The molecule has 0 heterocycles. The molecule has 0 radical (unpaired) electrons. The lowest BCUT2D eigenvalue weighted by Gasteiger charge is -2.31. The van der Waals surface area contributed by atoms with Crippen molar-refractivity contribution in [1.29, 1.82) is 0 Å². The van der Waals surface area contributed by atoms with Gasteiger partial charge in [0.05, 0.1) is 45.1 Å². The number of rotatable bonds is 6. The molecule has 148 valence electrons. The smallest absolute Gasteiger partial charge is 0.182 e. The van der Waals surface area contributed by atoms with E-state index in [0.29, 0.717) is 0 Å². The van der Waals surface area contributed by atoms with Gasteiger partial charge in [-0.05, 0) is 0 Å². The van der Waals surface area contributed by atoms with Crippen LogP contribution in [-0.4, -0.2) is 39.3 Å². The Morgan fingerprint density at radius 2 is 1.18 bits per heavy atom. The fourth-order valence-electron chi connectivity index (χ4n) is 3.30. The summed E-state index contributed by atoms with van der Waals surface area (Å²) < 4.78 is 48.1. The number of hydrogen-bond acceptors (Lipinski definition) is 6. The molecule has 8 heteroatoms. The maximum atomic E-state index is 13.8. The van der Waals surface area contributed by atoms with Crippen LogP contribution in [0.1, 0.15) is 17.0 Å². The van der Waals surface area contributed by atoms with Gasteiger partial charge < -0.3 is 24.1 Å². The first kappa shape index (κ1) is 19.5. The SMILES string of the molecule is COc1cc(F)cc(OC)c1C1=C(O)C(c2c(OC)cc(F)cc2OC)C1=O. The number of hydrogen-bond donors (Lipinski definition) is 1. The second kappa shape index (κ2) is 7.38. The van der Waals surface area contributed by atoms with Crippen LogP contribution in [0.2, 0.25) is 0 Å². The van der Waals surface area contributed by atoms with E-state index in [0.717, 1.165) is 24.3 Å². The van der Waals surface area contributed by atoms with Gasteiger partial charge in [-0.15, -0.1) is 0 Å². The van der Waals surface area contributed by atoms with Crippen LogP contribution in [-0.2, 0) is 4.79 Å². The zero-order chi connectivity index (χ0) is 20.6. The number of benzene rings is 2. The van der Waals surface area contributed by atoms with Crippen LogP contribution in [0.5, 0.6) is 23.0 Å². The predicted octanol–water partition coefficient (Wildman–Crippen LogP) is 3.63. The van der Waals surface area contributed by atoms with Gasteiger partial charge >= 0.3 is 0 Å². The normalized spacial score (nSPS) is 15.9. The number of Topliss-reactive ketones (excluding diaryl/α,β-unsaturated/α-hetero) is 1. The van der Waals surface area contributed by atoms with Gasteiger partial charge in [-0.25, -0.2) is 8.78 Å². The highest BCUT2D eigenvalue weighted by Gasteiger charge is 2.46. The molecule has 28 heavy (non-hydrogen) atoms. The van der Waals surface area contributed by atoms with Gasteiger partial charge in [-0.2, -0.15) is 0 Å². The summed E-state index contributed by atoms with van der Waals surface area (Å²) in [5, 5.41) is 10.7. The van der Waals surface area contributed by atoms with Crippen molar-refractivity contribution < 1.29 is 37.6 Å². The molecule has 0 saturated heterocycles. The molecule has 0 aliphatic heterocycles. The van der Waals surface area contributed by atoms with Crippen molar-refractivity contribution in [3.8, 4) is 23.0 Å². The van der Waals surface area contributed by atoms with Crippen molar-refractivity contribution >= 4 is 11.4 Å². The van der Waals surface area contributed by atoms with Crippen molar-refractivity contribution in [2.45, 2.75) is 5.92 Å². The molecule has 1 atom stereocenters. The van der Waals surface area contributed by atoms with Crippen LogP contribution in [0.3, 0.4) is 0 Å². The zero-order valence-corrected chi connectivity index (χ0v) is 15.6. The summed E-state index contributed by atoms with van der Waals surface area (Å²) >= 11 is 0. The Labute approximate surface area is 159 Å². The second-order valence-corrected chi connectivity index (χ2v) is 5.97. The van der Waals surface area contributed by atoms with Crippen LogP contribution < -0.4 is 18.9 Å². The molecule has 1 unspecified atom stereocenters. The number of allylic oxidation sites excluding steroid dienone is 2. The molecule has 1 aliphatic rings. The third kappa shape index (κ3) is 2.90. The van der Waals surface area contributed by atoms with Crippen LogP contribution >= 0.6 is 0 Å². The molecule has 2 aromatic carbocycles.